The van der Waals surface area contributed by atoms with E-state index < -0.39 is 23.0 Å². The monoisotopic (exact) mass is 488 g/mol. The summed E-state index contributed by atoms with van der Waals surface area (Å²) in [6.07, 6.45) is 5.89. The van der Waals surface area contributed by atoms with E-state index in [2.05, 4.69) is 16.0 Å². The van der Waals surface area contributed by atoms with Crippen molar-refractivity contribution >= 4 is 45.4 Å². The minimum absolute atomic E-state index is 0.213. The van der Waals surface area contributed by atoms with Crippen LogP contribution in [0.5, 0.6) is 0 Å². The van der Waals surface area contributed by atoms with Gasteiger partial charge < -0.3 is 9.72 Å². The molecular weight excluding hydrogens is 464 g/mol. The third-order valence-electron chi connectivity index (χ3n) is 8.42. The first-order valence-electron chi connectivity index (χ1n) is 12.6. The summed E-state index contributed by atoms with van der Waals surface area (Å²) in [5.41, 5.74) is 1.50. The zero-order chi connectivity index (χ0) is 25.4. The lowest BCUT2D eigenvalue weighted by molar-refractivity contribution is -0.130. The lowest BCUT2D eigenvalue weighted by Crippen LogP contribution is -2.41. The number of carbonyl (C=O) groups is 2. The van der Waals surface area contributed by atoms with E-state index in [1.165, 1.54) is 4.90 Å². The molecule has 37 heavy (non-hydrogen) atoms. The highest BCUT2D eigenvalue weighted by Gasteiger charge is 2.73. The highest BCUT2D eigenvalue weighted by atomic mass is 16.5. The number of carbonyl (C=O) groups excluding carboxylic acids is 2. The summed E-state index contributed by atoms with van der Waals surface area (Å²) in [4.78, 5) is 37.1. The van der Waals surface area contributed by atoms with Crippen LogP contribution in [0.2, 0.25) is 0 Å². The van der Waals surface area contributed by atoms with E-state index in [1.807, 2.05) is 67.6 Å². The van der Waals surface area contributed by atoms with Crippen LogP contribution in [0.1, 0.15) is 37.6 Å². The largest absolute Gasteiger partial charge is 0.367 e. The standard InChI is InChI=1S/C30H24N4O3/c1-29-15-16-30(37-29,14-6-11-24-32-21-9-4-5-10-22(21)33-24)26-25(29)27(35)34(28(26)36)23-13-12-18(17-31)19-7-2-3-8-20(19)23/h2-13,25-26H,14-16H2,1H3,(H,32,33). The van der Waals surface area contributed by atoms with Gasteiger partial charge in [-0.25, -0.2) is 9.88 Å². The first kappa shape index (κ1) is 22.0. The average molecular weight is 489 g/mol. The number of nitrogens with zero attached hydrogens (tertiary/aromatic N) is 3. The number of para-hydroxylation sites is 2. The number of hydrogen-bond acceptors (Lipinski definition) is 5. The highest BCUT2D eigenvalue weighted by Crippen LogP contribution is 2.62. The van der Waals surface area contributed by atoms with Gasteiger partial charge in [0.2, 0.25) is 11.8 Å². The van der Waals surface area contributed by atoms with Gasteiger partial charge in [0.25, 0.3) is 0 Å². The molecule has 1 aromatic heterocycles. The lowest BCUT2D eigenvalue weighted by atomic mass is 9.67. The van der Waals surface area contributed by atoms with E-state index in [1.54, 1.807) is 12.1 Å². The molecule has 182 valence electrons. The predicted octanol–water partition coefficient (Wildman–Crippen LogP) is 5.12. The van der Waals surface area contributed by atoms with Crippen LogP contribution in [-0.2, 0) is 14.3 Å². The number of fused-ring (bicyclic) bond motifs is 7. The lowest BCUT2D eigenvalue weighted by Gasteiger charge is -2.30. The number of imide groups is 1. The van der Waals surface area contributed by atoms with Crippen LogP contribution in [0, 0.1) is 23.2 Å². The Bertz CT molecular complexity index is 1670. The van der Waals surface area contributed by atoms with Crippen LogP contribution in [0.4, 0.5) is 5.69 Å². The van der Waals surface area contributed by atoms with Gasteiger partial charge in [0.15, 0.2) is 0 Å². The summed E-state index contributed by atoms with van der Waals surface area (Å²) in [5.74, 6) is -0.760. The van der Waals surface area contributed by atoms with Crippen molar-refractivity contribution in [3.8, 4) is 6.07 Å². The number of imidazole rings is 1. The molecule has 0 aliphatic carbocycles. The number of aromatic nitrogens is 2. The van der Waals surface area contributed by atoms with Gasteiger partial charge in [-0.1, -0.05) is 42.5 Å². The Morgan fingerprint density at radius 2 is 1.81 bits per heavy atom. The molecule has 4 atom stereocenters. The molecular formula is C30H24N4O3. The van der Waals surface area contributed by atoms with Crippen molar-refractivity contribution in [2.75, 3.05) is 4.90 Å². The smallest absolute Gasteiger partial charge is 0.240 e. The number of H-pyrrole nitrogens is 1. The summed E-state index contributed by atoms with van der Waals surface area (Å²) in [7, 11) is 0. The van der Waals surface area contributed by atoms with Crippen molar-refractivity contribution in [3.63, 3.8) is 0 Å². The van der Waals surface area contributed by atoms with E-state index in [4.69, 9.17) is 4.74 Å². The Kier molecular flexibility index (Phi) is 4.52. The summed E-state index contributed by atoms with van der Waals surface area (Å²) in [6, 6.07) is 20.9. The van der Waals surface area contributed by atoms with Crippen LogP contribution >= 0.6 is 0 Å². The molecule has 4 aromatic rings. The fourth-order valence-corrected chi connectivity index (χ4v) is 6.78. The van der Waals surface area contributed by atoms with Gasteiger partial charge in [0, 0.05) is 10.8 Å². The van der Waals surface area contributed by atoms with Gasteiger partial charge in [-0.05, 0) is 56.5 Å². The molecule has 0 radical (unpaired) electrons. The minimum atomic E-state index is -0.730. The number of anilines is 1. The molecule has 0 spiro atoms. The third kappa shape index (κ3) is 3.00. The van der Waals surface area contributed by atoms with Crippen molar-refractivity contribution in [2.45, 2.75) is 37.4 Å². The maximum Gasteiger partial charge on any atom is 0.240 e. The molecule has 0 saturated carbocycles. The van der Waals surface area contributed by atoms with Gasteiger partial charge >= 0.3 is 0 Å². The van der Waals surface area contributed by atoms with Crippen LogP contribution in [0.3, 0.4) is 0 Å². The number of nitriles is 1. The Balaban J connectivity index is 1.25. The first-order chi connectivity index (χ1) is 17.9. The normalized spacial score (nSPS) is 28.6. The van der Waals surface area contributed by atoms with E-state index >= 15 is 0 Å². The summed E-state index contributed by atoms with van der Waals surface area (Å²) >= 11 is 0. The average Bonchev–Trinajstić information content (AvgIpc) is 3.61. The fraction of sp³-hybridized carbons (Fsp3) is 0.267. The van der Waals surface area contributed by atoms with Gasteiger partial charge in [-0.3, -0.25) is 9.59 Å². The van der Waals surface area contributed by atoms with Crippen molar-refractivity contribution in [1.29, 1.82) is 5.26 Å². The van der Waals surface area contributed by atoms with Crippen LogP contribution in [0.25, 0.3) is 27.9 Å². The topological polar surface area (TPSA) is 99.1 Å². The molecule has 3 aromatic carbocycles. The molecule has 3 fully saturated rings. The van der Waals surface area contributed by atoms with Gasteiger partial charge in [0.1, 0.15) is 5.82 Å². The summed E-state index contributed by atoms with van der Waals surface area (Å²) < 4.78 is 6.57. The molecule has 4 heterocycles. The van der Waals surface area contributed by atoms with Crippen LogP contribution in [0.15, 0.2) is 66.7 Å². The highest BCUT2D eigenvalue weighted by molar-refractivity contribution is 6.26. The Hall–Kier alpha value is -4.28. The molecule has 7 nitrogen and oxygen atoms in total. The zero-order valence-corrected chi connectivity index (χ0v) is 20.3. The molecule has 7 heteroatoms. The second-order valence-electron chi connectivity index (χ2n) is 10.5. The summed E-state index contributed by atoms with van der Waals surface area (Å²) in [6.45, 7) is 1.97. The number of nitrogens with one attached hydrogen (secondary N) is 1. The molecule has 1 N–H and O–H groups in total. The van der Waals surface area contributed by atoms with E-state index in [0.717, 1.165) is 40.5 Å². The van der Waals surface area contributed by atoms with E-state index in [0.29, 0.717) is 17.7 Å². The SMILES string of the molecule is CC12CCC(CC=Cc3nc4ccccc4[nH]3)(O1)C1C(=O)N(c3ccc(C#N)c4ccccc34)C(=O)C12. The van der Waals surface area contributed by atoms with Gasteiger partial charge in [-0.2, -0.15) is 5.26 Å². The van der Waals surface area contributed by atoms with Gasteiger partial charge in [0.05, 0.1) is 51.4 Å². The second-order valence-corrected chi connectivity index (χ2v) is 10.5. The maximum atomic E-state index is 14.0. The van der Waals surface area contributed by atoms with Crippen LogP contribution in [-0.4, -0.2) is 33.0 Å². The molecule has 2 bridgehead atoms. The molecule has 3 saturated heterocycles. The van der Waals surface area contributed by atoms with E-state index in [9.17, 15) is 14.9 Å². The molecule has 7 rings (SSSR count). The number of amides is 2. The number of rotatable bonds is 4. The zero-order valence-electron chi connectivity index (χ0n) is 20.3. The first-order valence-corrected chi connectivity index (χ1v) is 12.6. The van der Waals surface area contributed by atoms with Crippen molar-refractivity contribution in [3.05, 3.63) is 78.1 Å². The quantitative estimate of drug-likeness (QED) is 0.402. The van der Waals surface area contributed by atoms with Crippen molar-refractivity contribution in [1.82, 2.24) is 9.97 Å². The van der Waals surface area contributed by atoms with Gasteiger partial charge in [-0.15, -0.1) is 0 Å². The maximum absolute atomic E-state index is 14.0. The number of ether oxygens (including phenoxy) is 1. The fourth-order valence-electron chi connectivity index (χ4n) is 6.78. The number of benzene rings is 3. The van der Waals surface area contributed by atoms with Crippen molar-refractivity contribution in [2.24, 2.45) is 11.8 Å². The molecule has 2 amide bonds. The van der Waals surface area contributed by atoms with Crippen LogP contribution < -0.4 is 4.90 Å². The Labute approximate surface area is 213 Å². The molecule has 3 aliphatic heterocycles. The molecule has 4 unspecified atom stereocenters. The number of hydrogen-bond donors (Lipinski definition) is 1. The number of aromatic amines is 1. The predicted molar refractivity (Wildman–Crippen MR) is 139 cm³/mol. The third-order valence-corrected chi connectivity index (χ3v) is 8.42. The minimum Gasteiger partial charge on any atom is -0.367 e. The second kappa shape index (κ2) is 7.61. The summed E-state index contributed by atoms with van der Waals surface area (Å²) in [5, 5.41) is 11.0. The van der Waals surface area contributed by atoms with Crippen molar-refractivity contribution < 1.29 is 14.3 Å². The molecule has 3 aliphatic rings. The Morgan fingerprint density at radius 1 is 1.05 bits per heavy atom. The van der Waals surface area contributed by atoms with E-state index in [-0.39, 0.29) is 11.8 Å². The Morgan fingerprint density at radius 3 is 2.62 bits per heavy atom.